The van der Waals surface area contributed by atoms with Crippen LogP contribution in [0, 0.1) is 0 Å². The number of ether oxygens (including phenoxy) is 1. The van der Waals surface area contributed by atoms with Gasteiger partial charge in [0.15, 0.2) is 0 Å². The zero-order valence-corrected chi connectivity index (χ0v) is 14.3. The minimum atomic E-state index is 0.0924. The summed E-state index contributed by atoms with van der Waals surface area (Å²) in [5, 5.41) is 3.28. The summed E-state index contributed by atoms with van der Waals surface area (Å²) in [7, 11) is 3.62. The standard InChI is InChI=1S/C20H24N2O2/c1-21-17-9-6-12-22(14-17)20(23)16-10-11-19(24-2)18(13-16)15-7-4-3-5-8-15/h3-5,7-8,10-11,13,17,21H,6,9,12,14H2,1-2H3. The minimum Gasteiger partial charge on any atom is -0.496 e. The highest BCUT2D eigenvalue weighted by molar-refractivity contribution is 5.96. The molecule has 0 aromatic heterocycles. The summed E-state index contributed by atoms with van der Waals surface area (Å²) in [5.74, 6) is 0.874. The molecule has 4 nitrogen and oxygen atoms in total. The molecular formula is C20H24N2O2. The van der Waals surface area contributed by atoms with Crippen LogP contribution in [-0.4, -0.2) is 44.1 Å². The van der Waals surface area contributed by atoms with Gasteiger partial charge in [-0.3, -0.25) is 4.79 Å². The molecule has 0 bridgehead atoms. The summed E-state index contributed by atoms with van der Waals surface area (Å²) in [6, 6.07) is 16.1. The van der Waals surface area contributed by atoms with E-state index in [1.54, 1.807) is 7.11 Å². The highest BCUT2D eigenvalue weighted by Crippen LogP contribution is 2.31. The second-order valence-corrected chi connectivity index (χ2v) is 6.16. The number of carbonyl (C=O) groups is 1. The van der Waals surface area contributed by atoms with E-state index in [0.717, 1.165) is 42.8 Å². The Morgan fingerprint density at radius 2 is 2.00 bits per heavy atom. The predicted octanol–water partition coefficient (Wildman–Crippen LogP) is 3.19. The first-order chi connectivity index (χ1) is 11.7. The Labute approximate surface area is 143 Å². The number of hydrogen-bond acceptors (Lipinski definition) is 3. The quantitative estimate of drug-likeness (QED) is 0.939. The first-order valence-corrected chi connectivity index (χ1v) is 8.43. The molecule has 2 aromatic carbocycles. The van der Waals surface area contributed by atoms with Gasteiger partial charge in [0.25, 0.3) is 5.91 Å². The molecule has 1 amide bonds. The van der Waals surface area contributed by atoms with Gasteiger partial charge < -0.3 is 15.0 Å². The molecule has 24 heavy (non-hydrogen) atoms. The molecule has 4 heteroatoms. The van der Waals surface area contributed by atoms with Crippen LogP contribution in [0.1, 0.15) is 23.2 Å². The van der Waals surface area contributed by atoms with Crippen LogP contribution in [0.25, 0.3) is 11.1 Å². The number of likely N-dealkylation sites (tertiary alicyclic amines) is 1. The van der Waals surface area contributed by atoms with E-state index in [1.807, 2.05) is 60.5 Å². The minimum absolute atomic E-state index is 0.0924. The zero-order valence-electron chi connectivity index (χ0n) is 14.3. The number of amides is 1. The van der Waals surface area contributed by atoms with Crippen molar-refractivity contribution in [2.24, 2.45) is 0 Å². The fourth-order valence-corrected chi connectivity index (χ4v) is 3.26. The molecule has 1 N–H and O–H groups in total. The number of likely N-dealkylation sites (N-methyl/N-ethyl adjacent to an activating group) is 1. The molecular weight excluding hydrogens is 300 g/mol. The van der Waals surface area contributed by atoms with Crippen LogP contribution < -0.4 is 10.1 Å². The number of nitrogens with zero attached hydrogens (tertiary/aromatic N) is 1. The predicted molar refractivity (Wildman–Crippen MR) is 96.4 cm³/mol. The molecule has 1 aliphatic heterocycles. The lowest BCUT2D eigenvalue weighted by Crippen LogP contribution is -2.46. The fraction of sp³-hybridized carbons (Fsp3) is 0.350. The van der Waals surface area contributed by atoms with Crippen molar-refractivity contribution in [2.45, 2.75) is 18.9 Å². The van der Waals surface area contributed by atoms with Crippen molar-refractivity contribution in [3.05, 3.63) is 54.1 Å². The SMILES string of the molecule is CNC1CCCN(C(=O)c2ccc(OC)c(-c3ccccc3)c2)C1. The van der Waals surface area contributed by atoms with Gasteiger partial charge in [0.2, 0.25) is 0 Å². The molecule has 2 aromatic rings. The number of rotatable bonds is 4. The monoisotopic (exact) mass is 324 g/mol. The maximum Gasteiger partial charge on any atom is 0.253 e. The number of nitrogens with one attached hydrogen (secondary N) is 1. The highest BCUT2D eigenvalue weighted by atomic mass is 16.5. The van der Waals surface area contributed by atoms with Crippen LogP contribution in [0.3, 0.4) is 0 Å². The van der Waals surface area contributed by atoms with Crippen molar-refractivity contribution in [2.75, 3.05) is 27.2 Å². The fourth-order valence-electron chi connectivity index (χ4n) is 3.26. The van der Waals surface area contributed by atoms with Gasteiger partial charge in [-0.2, -0.15) is 0 Å². The Balaban J connectivity index is 1.90. The van der Waals surface area contributed by atoms with Crippen LogP contribution in [0.4, 0.5) is 0 Å². The topological polar surface area (TPSA) is 41.6 Å². The number of methoxy groups -OCH3 is 1. The molecule has 1 atom stereocenters. The van der Waals surface area contributed by atoms with Crippen LogP contribution in [0.5, 0.6) is 5.75 Å². The van der Waals surface area contributed by atoms with E-state index in [1.165, 1.54) is 0 Å². The summed E-state index contributed by atoms with van der Waals surface area (Å²) >= 11 is 0. The number of hydrogen-bond donors (Lipinski definition) is 1. The van der Waals surface area contributed by atoms with Gasteiger partial charge in [-0.05, 0) is 43.7 Å². The second-order valence-electron chi connectivity index (χ2n) is 6.16. The Morgan fingerprint density at radius 1 is 1.21 bits per heavy atom. The molecule has 1 unspecified atom stereocenters. The molecule has 126 valence electrons. The van der Waals surface area contributed by atoms with Crippen molar-refractivity contribution >= 4 is 5.91 Å². The molecule has 0 radical (unpaired) electrons. The third-order valence-corrected chi connectivity index (χ3v) is 4.65. The van der Waals surface area contributed by atoms with Crippen molar-refractivity contribution < 1.29 is 9.53 Å². The van der Waals surface area contributed by atoms with Crippen LogP contribution in [-0.2, 0) is 0 Å². The second kappa shape index (κ2) is 7.49. The van der Waals surface area contributed by atoms with Crippen LogP contribution in [0.15, 0.2) is 48.5 Å². The van der Waals surface area contributed by atoms with Gasteiger partial charge in [0, 0.05) is 30.3 Å². The Kier molecular flexibility index (Phi) is 5.16. The smallest absolute Gasteiger partial charge is 0.253 e. The lowest BCUT2D eigenvalue weighted by atomic mass is 10.00. The molecule has 0 spiro atoms. The normalized spacial score (nSPS) is 17.6. The van der Waals surface area contributed by atoms with Gasteiger partial charge >= 0.3 is 0 Å². The van der Waals surface area contributed by atoms with E-state index in [9.17, 15) is 4.79 Å². The third kappa shape index (κ3) is 3.44. The van der Waals surface area contributed by atoms with E-state index < -0.39 is 0 Å². The number of carbonyl (C=O) groups excluding carboxylic acids is 1. The highest BCUT2D eigenvalue weighted by Gasteiger charge is 2.24. The molecule has 0 aliphatic carbocycles. The van der Waals surface area contributed by atoms with Gasteiger partial charge in [-0.15, -0.1) is 0 Å². The van der Waals surface area contributed by atoms with Crippen molar-refractivity contribution in [3.8, 4) is 16.9 Å². The van der Waals surface area contributed by atoms with Gasteiger partial charge in [0.05, 0.1) is 7.11 Å². The Hall–Kier alpha value is -2.33. The molecule has 1 saturated heterocycles. The average molecular weight is 324 g/mol. The van der Waals surface area contributed by atoms with Crippen molar-refractivity contribution in [3.63, 3.8) is 0 Å². The van der Waals surface area contributed by atoms with E-state index in [4.69, 9.17) is 4.74 Å². The largest absolute Gasteiger partial charge is 0.496 e. The van der Waals surface area contributed by atoms with Crippen molar-refractivity contribution in [1.82, 2.24) is 10.2 Å². The Morgan fingerprint density at radius 3 is 2.71 bits per heavy atom. The van der Waals surface area contributed by atoms with E-state index in [2.05, 4.69) is 5.32 Å². The number of benzene rings is 2. The van der Waals surface area contributed by atoms with Gasteiger partial charge in [-0.1, -0.05) is 30.3 Å². The third-order valence-electron chi connectivity index (χ3n) is 4.65. The summed E-state index contributed by atoms with van der Waals surface area (Å²) in [4.78, 5) is 14.8. The maximum absolute atomic E-state index is 12.9. The van der Waals surface area contributed by atoms with Crippen LogP contribution >= 0.6 is 0 Å². The van der Waals surface area contributed by atoms with Crippen molar-refractivity contribution in [1.29, 1.82) is 0 Å². The van der Waals surface area contributed by atoms with E-state index >= 15 is 0 Å². The molecule has 1 fully saturated rings. The van der Waals surface area contributed by atoms with E-state index in [0.29, 0.717) is 11.6 Å². The first kappa shape index (κ1) is 16.5. The maximum atomic E-state index is 12.9. The van der Waals surface area contributed by atoms with Gasteiger partial charge in [-0.25, -0.2) is 0 Å². The molecule has 3 rings (SSSR count). The summed E-state index contributed by atoms with van der Waals surface area (Å²) < 4.78 is 5.48. The average Bonchev–Trinajstić information content (AvgIpc) is 2.67. The zero-order chi connectivity index (χ0) is 16.9. The molecule has 1 aliphatic rings. The lowest BCUT2D eigenvalue weighted by molar-refractivity contribution is 0.0698. The Bertz CT molecular complexity index is 700. The summed E-state index contributed by atoms with van der Waals surface area (Å²) in [6.45, 7) is 1.59. The molecule has 1 heterocycles. The molecule has 0 saturated carbocycles. The lowest BCUT2D eigenvalue weighted by Gasteiger charge is -2.32. The summed E-state index contributed by atoms with van der Waals surface area (Å²) in [5.41, 5.74) is 2.72. The van der Waals surface area contributed by atoms with Gasteiger partial charge in [0.1, 0.15) is 5.75 Å². The first-order valence-electron chi connectivity index (χ1n) is 8.43. The summed E-state index contributed by atoms with van der Waals surface area (Å²) in [6.07, 6.45) is 2.16. The number of piperidine rings is 1. The van der Waals surface area contributed by atoms with Crippen LogP contribution in [0.2, 0.25) is 0 Å². The van der Waals surface area contributed by atoms with E-state index in [-0.39, 0.29) is 5.91 Å².